The number of pyridine rings is 1. The molecule has 1 N–H and O–H groups in total. The first-order valence-corrected chi connectivity index (χ1v) is 10.7. The Labute approximate surface area is 169 Å². The molecule has 0 unspecified atom stereocenters. The summed E-state index contributed by atoms with van der Waals surface area (Å²) in [6.07, 6.45) is 3.73. The van der Waals surface area contributed by atoms with Crippen molar-refractivity contribution < 1.29 is 13.2 Å². The van der Waals surface area contributed by atoms with E-state index in [1.807, 2.05) is 19.1 Å². The van der Waals surface area contributed by atoms with Crippen LogP contribution < -0.4 is 15.0 Å². The zero-order valence-electron chi connectivity index (χ0n) is 16.0. The van der Waals surface area contributed by atoms with E-state index >= 15 is 0 Å². The van der Waals surface area contributed by atoms with Crippen LogP contribution in [0.1, 0.15) is 13.3 Å². The topological polar surface area (TPSA) is 103 Å². The number of hydrogen-bond acceptors (Lipinski definition) is 6. The lowest BCUT2D eigenvalue weighted by Gasteiger charge is -2.09. The molecule has 0 spiro atoms. The molecule has 0 atom stereocenters. The molecule has 0 aliphatic rings. The number of ether oxygens (including phenoxy) is 1. The van der Waals surface area contributed by atoms with E-state index in [-0.39, 0.29) is 17.0 Å². The van der Waals surface area contributed by atoms with E-state index in [9.17, 15) is 13.2 Å². The average Bonchev–Trinajstić information content (AvgIpc) is 2.74. The maximum absolute atomic E-state index is 12.4. The number of benzene rings is 1. The van der Waals surface area contributed by atoms with Gasteiger partial charge in [-0.05, 0) is 55.8 Å². The molecule has 0 aliphatic carbocycles. The van der Waals surface area contributed by atoms with Crippen LogP contribution in [-0.4, -0.2) is 36.3 Å². The fourth-order valence-electron chi connectivity index (χ4n) is 2.69. The largest absolute Gasteiger partial charge is 0.494 e. The van der Waals surface area contributed by atoms with Crippen molar-refractivity contribution in [1.29, 1.82) is 0 Å². The minimum atomic E-state index is -3.63. The maximum atomic E-state index is 12.4. The molecule has 0 amide bonds. The van der Waals surface area contributed by atoms with E-state index < -0.39 is 10.0 Å². The lowest BCUT2D eigenvalue weighted by Crippen LogP contribution is -2.28. The van der Waals surface area contributed by atoms with Crippen LogP contribution in [0.25, 0.3) is 11.3 Å². The lowest BCUT2D eigenvalue weighted by atomic mass is 10.2. The molecule has 8 nitrogen and oxygen atoms in total. The summed E-state index contributed by atoms with van der Waals surface area (Å²) < 4.78 is 33.9. The first-order valence-electron chi connectivity index (χ1n) is 9.21. The van der Waals surface area contributed by atoms with Crippen molar-refractivity contribution in [2.45, 2.75) is 24.8 Å². The molecule has 0 bridgehead atoms. The predicted octanol–water partition coefficient (Wildman–Crippen LogP) is 2.07. The van der Waals surface area contributed by atoms with Crippen LogP contribution in [0, 0.1) is 0 Å². The van der Waals surface area contributed by atoms with Gasteiger partial charge in [-0.2, -0.15) is 5.10 Å². The average molecular weight is 414 g/mol. The summed E-state index contributed by atoms with van der Waals surface area (Å²) in [7, 11) is -3.63. The summed E-state index contributed by atoms with van der Waals surface area (Å²) >= 11 is 0. The van der Waals surface area contributed by atoms with Crippen LogP contribution in [-0.2, 0) is 16.6 Å². The van der Waals surface area contributed by atoms with Crippen molar-refractivity contribution in [1.82, 2.24) is 19.5 Å². The lowest BCUT2D eigenvalue weighted by molar-refractivity contribution is 0.340. The van der Waals surface area contributed by atoms with E-state index in [4.69, 9.17) is 4.74 Å². The Hall–Kier alpha value is -3.04. The van der Waals surface area contributed by atoms with Crippen LogP contribution in [0.3, 0.4) is 0 Å². The van der Waals surface area contributed by atoms with Gasteiger partial charge in [-0.3, -0.25) is 9.78 Å². The number of rotatable bonds is 9. The third-order valence-corrected chi connectivity index (χ3v) is 5.60. The predicted molar refractivity (Wildman–Crippen MR) is 109 cm³/mol. The number of sulfonamides is 1. The number of nitrogens with zero attached hydrogens (tertiary/aromatic N) is 3. The normalized spacial score (nSPS) is 11.3. The molecule has 0 radical (unpaired) electrons. The maximum Gasteiger partial charge on any atom is 0.266 e. The molecular formula is C20H22N4O4S. The van der Waals surface area contributed by atoms with Crippen molar-refractivity contribution in [2.75, 3.05) is 13.2 Å². The third-order valence-electron chi connectivity index (χ3n) is 4.13. The number of aryl methyl sites for hydroxylation is 1. The fourth-order valence-corrected chi connectivity index (χ4v) is 3.76. The van der Waals surface area contributed by atoms with Gasteiger partial charge in [-0.25, -0.2) is 17.8 Å². The van der Waals surface area contributed by atoms with Crippen LogP contribution in [0.4, 0.5) is 0 Å². The van der Waals surface area contributed by atoms with Crippen LogP contribution in [0.5, 0.6) is 5.75 Å². The van der Waals surface area contributed by atoms with Gasteiger partial charge in [-0.1, -0.05) is 0 Å². The molecule has 29 heavy (non-hydrogen) atoms. The molecule has 2 aromatic heterocycles. The zero-order chi connectivity index (χ0) is 20.7. The number of nitrogens with one attached hydrogen (secondary N) is 1. The Bertz CT molecular complexity index is 1100. The van der Waals surface area contributed by atoms with Crippen LogP contribution in [0.15, 0.2) is 70.6 Å². The quantitative estimate of drug-likeness (QED) is 0.538. The van der Waals surface area contributed by atoms with Gasteiger partial charge in [0.2, 0.25) is 10.0 Å². The van der Waals surface area contributed by atoms with Crippen molar-refractivity contribution in [3.63, 3.8) is 0 Å². The molecule has 0 saturated carbocycles. The van der Waals surface area contributed by atoms with E-state index in [0.717, 1.165) is 5.56 Å². The Morgan fingerprint density at radius 2 is 1.76 bits per heavy atom. The van der Waals surface area contributed by atoms with Gasteiger partial charge in [0.05, 0.1) is 17.2 Å². The first-order chi connectivity index (χ1) is 14.0. The van der Waals surface area contributed by atoms with Crippen molar-refractivity contribution in [2.24, 2.45) is 0 Å². The molecule has 3 aromatic rings. The van der Waals surface area contributed by atoms with E-state index in [0.29, 0.717) is 31.0 Å². The highest BCUT2D eigenvalue weighted by atomic mass is 32.2. The Morgan fingerprint density at radius 1 is 1.03 bits per heavy atom. The van der Waals surface area contributed by atoms with Crippen molar-refractivity contribution in [3.8, 4) is 17.0 Å². The Morgan fingerprint density at radius 3 is 2.45 bits per heavy atom. The molecule has 9 heteroatoms. The van der Waals surface area contributed by atoms with Crippen LogP contribution in [0.2, 0.25) is 0 Å². The second kappa shape index (κ2) is 9.44. The van der Waals surface area contributed by atoms with E-state index in [1.54, 1.807) is 30.6 Å². The van der Waals surface area contributed by atoms with Gasteiger partial charge in [0, 0.05) is 37.1 Å². The molecule has 0 fully saturated rings. The minimum Gasteiger partial charge on any atom is -0.494 e. The second-order valence-electron chi connectivity index (χ2n) is 6.17. The fraction of sp³-hybridized carbons (Fsp3) is 0.250. The van der Waals surface area contributed by atoms with Crippen molar-refractivity contribution in [3.05, 3.63) is 71.3 Å². The van der Waals surface area contributed by atoms with Gasteiger partial charge < -0.3 is 4.74 Å². The number of aromatic nitrogens is 3. The van der Waals surface area contributed by atoms with Gasteiger partial charge >= 0.3 is 0 Å². The molecule has 1 aromatic carbocycles. The molecular weight excluding hydrogens is 392 g/mol. The first kappa shape index (κ1) is 20.7. The molecule has 0 saturated heterocycles. The van der Waals surface area contributed by atoms with Gasteiger partial charge in [0.1, 0.15) is 5.75 Å². The second-order valence-corrected chi connectivity index (χ2v) is 7.94. The molecule has 152 valence electrons. The highest BCUT2D eigenvalue weighted by molar-refractivity contribution is 7.89. The SMILES string of the molecule is CCOc1ccc(S(=O)(=O)NCCCn2nc(-c3ccncc3)ccc2=O)cc1. The van der Waals surface area contributed by atoms with E-state index in [2.05, 4.69) is 14.8 Å². The summed E-state index contributed by atoms with van der Waals surface area (Å²) in [5, 5.41) is 4.35. The van der Waals surface area contributed by atoms with Gasteiger partial charge in [-0.15, -0.1) is 0 Å². The standard InChI is InChI=1S/C20H22N4O4S/c1-2-28-17-4-6-18(7-5-17)29(26,27)22-12-3-15-24-20(25)9-8-19(23-24)16-10-13-21-14-11-16/h4-11,13-14,22H,2-3,12,15H2,1H3. The molecule has 2 heterocycles. The van der Waals surface area contributed by atoms with Crippen molar-refractivity contribution >= 4 is 10.0 Å². The minimum absolute atomic E-state index is 0.163. The third kappa shape index (κ3) is 5.49. The highest BCUT2D eigenvalue weighted by Crippen LogP contribution is 2.16. The van der Waals surface area contributed by atoms with Gasteiger partial charge in [0.25, 0.3) is 5.56 Å². The Balaban J connectivity index is 1.59. The smallest absolute Gasteiger partial charge is 0.266 e. The molecule has 3 rings (SSSR count). The van der Waals surface area contributed by atoms with Crippen LogP contribution >= 0.6 is 0 Å². The van der Waals surface area contributed by atoms with Gasteiger partial charge in [0.15, 0.2) is 0 Å². The summed E-state index contributed by atoms with van der Waals surface area (Å²) in [5.41, 5.74) is 1.27. The zero-order valence-corrected chi connectivity index (χ0v) is 16.8. The summed E-state index contributed by atoms with van der Waals surface area (Å²) in [4.78, 5) is 16.2. The highest BCUT2D eigenvalue weighted by Gasteiger charge is 2.13. The summed E-state index contributed by atoms with van der Waals surface area (Å²) in [6.45, 7) is 2.85. The summed E-state index contributed by atoms with van der Waals surface area (Å²) in [6, 6.07) is 13.0. The summed E-state index contributed by atoms with van der Waals surface area (Å²) in [5.74, 6) is 0.617. The molecule has 0 aliphatic heterocycles. The Kier molecular flexibility index (Phi) is 6.73. The number of hydrogen-bond donors (Lipinski definition) is 1. The van der Waals surface area contributed by atoms with E-state index in [1.165, 1.54) is 22.9 Å². The monoisotopic (exact) mass is 414 g/mol.